The zero-order valence-electron chi connectivity index (χ0n) is 33.1. The van der Waals surface area contributed by atoms with Gasteiger partial charge in [-0.15, -0.1) is 0 Å². The predicted octanol–water partition coefficient (Wildman–Crippen LogP) is 15.7. The standard InChI is InChI=1S/C57H37N3O/c1-5-17-38(18-6-1)40-21-15-22-41(35-40)49-36-42-31-34-51-56(61-57(58-51)39-19-7-2-8-20-39)54(42)50-37-45(32-33-46(49)50)59(43-23-9-3-10-24-43)53-30-16-28-48-47-27-13-14-29-52(47)60(55(48)53)44-25-11-4-12-26-44/h1-37H. The fourth-order valence-electron chi connectivity index (χ4n) is 9.22. The van der Waals surface area contributed by atoms with Gasteiger partial charge in [0.15, 0.2) is 5.58 Å². The number of benzene rings is 10. The molecule has 0 radical (unpaired) electrons. The van der Waals surface area contributed by atoms with Crippen molar-refractivity contribution in [2.45, 2.75) is 0 Å². The lowest BCUT2D eigenvalue weighted by Gasteiger charge is -2.27. The Balaban J connectivity index is 1.16. The molecule has 0 atom stereocenters. The quantitative estimate of drug-likeness (QED) is 0.151. The second-order valence-electron chi connectivity index (χ2n) is 15.5. The van der Waals surface area contributed by atoms with Gasteiger partial charge in [-0.2, -0.15) is 0 Å². The minimum atomic E-state index is 0.610. The van der Waals surface area contributed by atoms with Gasteiger partial charge in [0.2, 0.25) is 5.89 Å². The normalized spacial score (nSPS) is 11.6. The average Bonchev–Trinajstić information content (AvgIpc) is 3.93. The van der Waals surface area contributed by atoms with E-state index in [-0.39, 0.29) is 0 Å². The van der Waals surface area contributed by atoms with E-state index < -0.39 is 0 Å². The van der Waals surface area contributed by atoms with Crippen molar-refractivity contribution in [3.8, 4) is 39.4 Å². The van der Waals surface area contributed by atoms with E-state index in [9.17, 15) is 0 Å². The second kappa shape index (κ2) is 14.3. The molecule has 0 N–H and O–H groups in total. The molecule has 0 saturated carbocycles. The highest BCUT2D eigenvalue weighted by Crippen LogP contribution is 2.46. The molecule has 0 unspecified atom stereocenters. The van der Waals surface area contributed by atoms with Crippen LogP contribution in [-0.2, 0) is 0 Å². The Morgan fingerprint density at radius 1 is 0.426 bits per heavy atom. The number of anilines is 3. The molecule has 286 valence electrons. The molecule has 12 rings (SSSR count). The molecule has 10 aromatic carbocycles. The van der Waals surface area contributed by atoms with Crippen molar-refractivity contribution in [1.82, 2.24) is 9.55 Å². The van der Waals surface area contributed by atoms with E-state index in [0.29, 0.717) is 5.89 Å². The van der Waals surface area contributed by atoms with Gasteiger partial charge in [0.25, 0.3) is 0 Å². The molecule has 0 aliphatic carbocycles. The summed E-state index contributed by atoms with van der Waals surface area (Å²) < 4.78 is 9.21. The first-order chi connectivity index (χ1) is 30.3. The van der Waals surface area contributed by atoms with Gasteiger partial charge in [-0.25, -0.2) is 4.98 Å². The minimum absolute atomic E-state index is 0.610. The molecule has 4 nitrogen and oxygen atoms in total. The van der Waals surface area contributed by atoms with Crippen LogP contribution in [0.15, 0.2) is 229 Å². The lowest BCUT2D eigenvalue weighted by Crippen LogP contribution is -2.11. The summed E-state index contributed by atoms with van der Waals surface area (Å²) in [6.07, 6.45) is 0. The van der Waals surface area contributed by atoms with Crippen LogP contribution in [0.25, 0.3) is 93.8 Å². The molecule has 0 amide bonds. The summed E-state index contributed by atoms with van der Waals surface area (Å²) in [6.45, 7) is 0. The molecule has 2 aromatic heterocycles. The average molecular weight is 780 g/mol. The largest absolute Gasteiger partial charge is 0.435 e. The van der Waals surface area contributed by atoms with Gasteiger partial charge >= 0.3 is 0 Å². The predicted molar refractivity (Wildman–Crippen MR) is 254 cm³/mol. The van der Waals surface area contributed by atoms with Crippen LogP contribution >= 0.6 is 0 Å². The zero-order valence-corrected chi connectivity index (χ0v) is 33.1. The lowest BCUT2D eigenvalue weighted by molar-refractivity contribution is 0.623. The maximum absolute atomic E-state index is 6.80. The Bertz CT molecular complexity index is 3570. The molecule has 0 aliphatic rings. The lowest BCUT2D eigenvalue weighted by atomic mass is 9.91. The summed E-state index contributed by atoms with van der Waals surface area (Å²) in [4.78, 5) is 7.44. The molecule has 0 bridgehead atoms. The fraction of sp³-hybridized carbons (Fsp3) is 0. The van der Waals surface area contributed by atoms with E-state index in [1.807, 2.05) is 30.3 Å². The van der Waals surface area contributed by atoms with E-state index in [1.165, 1.54) is 21.9 Å². The van der Waals surface area contributed by atoms with Gasteiger partial charge < -0.3 is 13.9 Å². The third kappa shape index (κ3) is 5.80. The van der Waals surface area contributed by atoms with Gasteiger partial charge in [0.1, 0.15) is 5.52 Å². The summed E-state index contributed by atoms with van der Waals surface area (Å²) in [6, 6.07) is 80.0. The van der Waals surface area contributed by atoms with E-state index in [4.69, 9.17) is 9.40 Å². The maximum Gasteiger partial charge on any atom is 0.227 e. The van der Waals surface area contributed by atoms with Crippen molar-refractivity contribution in [2.75, 3.05) is 4.90 Å². The molecule has 61 heavy (non-hydrogen) atoms. The summed E-state index contributed by atoms with van der Waals surface area (Å²) in [5.41, 5.74) is 13.8. The highest BCUT2D eigenvalue weighted by Gasteiger charge is 2.23. The van der Waals surface area contributed by atoms with Crippen molar-refractivity contribution < 1.29 is 4.42 Å². The van der Waals surface area contributed by atoms with Crippen LogP contribution in [0.4, 0.5) is 17.1 Å². The van der Waals surface area contributed by atoms with E-state index in [2.05, 4.69) is 204 Å². The molecule has 0 fully saturated rings. The second-order valence-corrected chi connectivity index (χ2v) is 15.5. The minimum Gasteiger partial charge on any atom is -0.435 e. The first-order valence-corrected chi connectivity index (χ1v) is 20.7. The Morgan fingerprint density at radius 3 is 1.89 bits per heavy atom. The number of hydrogen-bond donors (Lipinski definition) is 0. The number of fused-ring (bicyclic) bond motifs is 8. The molecule has 0 saturated heterocycles. The molecule has 2 heterocycles. The fourth-order valence-corrected chi connectivity index (χ4v) is 9.22. The molecule has 0 aliphatic heterocycles. The van der Waals surface area contributed by atoms with E-state index in [0.717, 1.165) is 83.1 Å². The number of oxazole rings is 1. The van der Waals surface area contributed by atoms with Crippen molar-refractivity contribution in [3.63, 3.8) is 0 Å². The molecule has 0 spiro atoms. The third-order valence-electron chi connectivity index (χ3n) is 12.0. The van der Waals surface area contributed by atoms with Gasteiger partial charge in [-0.05, 0) is 117 Å². The topological polar surface area (TPSA) is 34.2 Å². The van der Waals surface area contributed by atoms with Crippen LogP contribution < -0.4 is 4.90 Å². The third-order valence-corrected chi connectivity index (χ3v) is 12.0. The van der Waals surface area contributed by atoms with Crippen molar-refractivity contribution in [2.24, 2.45) is 0 Å². The summed E-state index contributed by atoms with van der Waals surface area (Å²) >= 11 is 0. The summed E-state index contributed by atoms with van der Waals surface area (Å²) in [5, 5.41) is 6.76. The van der Waals surface area contributed by atoms with E-state index >= 15 is 0 Å². The van der Waals surface area contributed by atoms with Crippen LogP contribution in [-0.4, -0.2) is 9.55 Å². The van der Waals surface area contributed by atoms with E-state index in [1.54, 1.807) is 0 Å². The first-order valence-electron chi connectivity index (χ1n) is 20.7. The smallest absolute Gasteiger partial charge is 0.227 e. The number of aromatic nitrogens is 2. The van der Waals surface area contributed by atoms with Gasteiger partial charge in [-0.1, -0.05) is 146 Å². The highest BCUT2D eigenvalue weighted by atomic mass is 16.3. The Hall–Kier alpha value is -8.21. The van der Waals surface area contributed by atoms with Crippen molar-refractivity contribution in [1.29, 1.82) is 0 Å². The Morgan fingerprint density at radius 2 is 1.08 bits per heavy atom. The summed E-state index contributed by atoms with van der Waals surface area (Å²) in [5.74, 6) is 0.610. The molecular weight excluding hydrogens is 743 g/mol. The van der Waals surface area contributed by atoms with Crippen LogP contribution in [0.3, 0.4) is 0 Å². The van der Waals surface area contributed by atoms with Gasteiger partial charge in [0.05, 0.1) is 16.7 Å². The molecular formula is C57H37N3O. The van der Waals surface area contributed by atoms with Gasteiger partial charge in [0, 0.05) is 38.8 Å². The van der Waals surface area contributed by atoms with Crippen LogP contribution in [0.1, 0.15) is 0 Å². The zero-order chi connectivity index (χ0) is 40.3. The number of hydrogen-bond acceptors (Lipinski definition) is 3. The number of nitrogens with zero attached hydrogens (tertiary/aromatic N) is 3. The maximum atomic E-state index is 6.80. The highest BCUT2D eigenvalue weighted by molar-refractivity contribution is 6.23. The van der Waals surface area contributed by atoms with Gasteiger partial charge in [-0.3, -0.25) is 0 Å². The molecule has 4 heteroatoms. The van der Waals surface area contributed by atoms with Crippen LogP contribution in [0.2, 0.25) is 0 Å². The SMILES string of the molecule is c1ccc(-c2cccc(-c3cc4ccc5nc(-c6ccccc6)oc5c4c4cc(N(c5ccccc5)c5cccc6c7ccccc7n(-c7ccccc7)c56)ccc34)c2)cc1. The first kappa shape index (κ1) is 34.8. The Labute approximate surface area is 352 Å². The number of rotatable bonds is 7. The van der Waals surface area contributed by atoms with Crippen LogP contribution in [0, 0.1) is 0 Å². The Kier molecular flexibility index (Phi) is 8.13. The number of para-hydroxylation sites is 4. The van der Waals surface area contributed by atoms with Crippen molar-refractivity contribution in [3.05, 3.63) is 224 Å². The monoisotopic (exact) mass is 779 g/mol. The summed E-state index contributed by atoms with van der Waals surface area (Å²) in [7, 11) is 0. The van der Waals surface area contributed by atoms with Crippen molar-refractivity contribution >= 4 is 71.5 Å². The molecule has 12 aromatic rings. The van der Waals surface area contributed by atoms with Crippen LogP contribution in [0.5, 0.6) is 0 Å².